The molecule has 0 spiro atoms. The quantitative estimate of drug-likeness (QED) is 0.823. The largest absolute Gasteiger partial charge is 0.313 e. The van der Waals surface area contributed by atoms with Crippen molar-refractivity contribution < 1.29 is 0 Å². The van der Waals surface area contributed by atoms with Crippen LogP contribution in [-0.2, 0) is 6.54 Å². The summed E-state index contributed by atoms with van der Waals surface area (Å²) < 4.78 is 1.16. The van der Waals surface area contributed by atoms with Crippen LogP contribution in [0.15, 0.2) is 56.7 Å². The van der Waals surface area contributed by atoms with Crippen LogP contribution in [-0.4, -0.2) is 6.54 Å². The predicted molar refractivity (Wildman–Crippen MR) is 86.8 cm³/mol. The predicted octanol–water partition coefficient (Wildman–Crippen LogP) is 5.02. The summed E-state index contributed by atoms with van der Waals surface area (Å²) in [6, 6.07) is 15.2. The minimum Gasteiger partial charge on any atom is -0.313 e. The van der Waals surface area contributed by atoms with Crippen LogP contribution in [0, 0.1) is 6.92 Å². The van der Waals surface area contributed by atoms with Gasteiger partial charge in [-0.3, -0.25) is 0 Å². The summed E-state index contributed by atoms with van der Waals surface area (Å²) in [7, 11) is 0. The summed E-state index contributed by atoms with van der Waals surface area (Å²) in [6.07, 6.45) is 0. The zero-order chi connectivity index (χ0) is 13.7. The minimum absolute atomic E-state index is 0.921. The van der Waals surface area contributed by atoms with Crippen LogP contribution in [0.5, 0.6) is 0 Å². The highest BCUT2D eigenvalue weighted by Crippen LogP contribution is 2.34. The van der Waals surface area contributed by atoms with Crippen molar-refractivity contribution in [3.8, 4) is 0 Å². The normalized spacial score (nSPS) is 10.7. The molecule has 0 atom stereocenters. The number of benzene rings is 2. The molecule has 0 aromatic heterocycles. The van der Waals surface area contributed by atoms with Crippen LogP contribution in [0.2, 0.25) is 0 Å². The number of halogens is 1. The van der Waals surface area contributed by atoms with Crippen molar-refractivity contribution in [3.05, 3.63) is 58.1 Å². The molecule has 2 aromatic carbocycles. The lowest BCUT2D eigenvalue weighted by atomic mass is 10.2. The lowest BCUT2D eigenvalue weighted by Gasteiger charge is -2.08. The van der Waals surface area contributed by atoms with E-state index in [4.69, 9.17) is 0 Å². The van der Waals surface area contributed by atoms with E-state index in [-0.39, 0.29) is 0 Å². The number of rotatable bonds is 5. The van der Waals surface area contributed by atoms with E-state index in [0.717, 1.165) is 17.6 Å². The molecule has 2 rings (SSSR count). The number of nitrogens with one attached hydrogen (secondary N) is 1. The molecule has 0 saturated carbocycles. The Kier molecular flexibility index (Phi) is 5.49. The van der Waals surface area contributed by atoms with Crippen molar-refractivity contribution in [1.29, 1.82) is 0 Å². The second-order valence-electron chi connectivity index (χ2n) is 4.46. The zero-order valence-electron chi connectivity index (χ0n) is 11.2. The molecular weight excluding hydrogens is 318 g/mol. The smallest absolute Gasteiger partial charge is 0.0318 e. The molecule has 100 valence electrons. The van der Waals surface area contributed by atoms with Crippen molar-refractivity contribution in [1.82, 2.24) is 5.32 Å². The third-order valence-corrected chi connectivity index (χ3v) is 4.78. The van der Waals surface area contributed by atoms with Crippen molar-refractivity contribution in [2.24, 2.45) is 0 Å². The van der Waals surface area contributed by atoms with Gasteiger partial charge in [-0.2, -0.15) is 0 Å². The molecule has 0 fully saturated rings. The van der Waals surface area contributed by atoms with Crippen LogP contribution in [0.4, 0.5) is 0 Å². The van der Waals surface area contributed by atoms with Crippen LogP contribution >= 0.6 is 27.7 Å². The van der Waals surface area contributed by atoms with E-state index in [1.54, 1.807) is 11.8 Å². The van der Waals surface area contributed by atoms with Gasteiger partial charge < -0.3 is 5.32 Å². The fraction of sp³-hybridized carbons (Fsp3) is 0.250. The topological polar surface area (TPSA) is 12.0 Å². The summed E-state index contributed by atoms with van der Waals surface area (Å²) in [5, 5.41) is 3.34. The fourth-order valence-electron chi connectivity index (χ4n) is 1.81. The van der Waals surface area contributed by atoms with Crippen molar-refractivity contribution in [2.75, 3.05) is 6.54 Å². The maximum atomic E-state index is 3.67. The van der Waals surface area contributed by atoms with Gasteiger partial charge in [0.05, 0.1) is 0 Å². The Morgan fingerprint density at radius 2 is 2.00 bits per heavy atom. The minimum atomic E-state index is 0.921. The zero-order valence-corrected chi connectivity index (χ0v) is 13.6. The monoisotopic (exact) mass is 335 g/mol. The van der Waals surface area contributed by atoms with E-state index in [1.165, 1.54) is 20.9 Å². The average molecular weight is 336 g/mol. The van der Waals surface area contributed by atoms with Crippen LogP contribution in [0.25, 0.3) is 0 Å². The fourth-order valence-corrected chi connectivity index (χ4v) is 3.42. The molecule has 0 radical (unpaired) electrons. The van der Waals surface area contributed by atoms with Crippen LogP contribution in [0.3, 0.4) is 0 Å². The highest BCUT2D eigenvalue weighted by atomic mass is 79.9. The van der Waals surface area contributed by atoms with E-state index in [2.05, 4.69) is 77.6 Å². The summed E-state index contributed by atoms with van der Waals surface area (Å²) in [5.41, 5.74) is 2.60. The average Bonchev–Trinajstić information content (AvgIpc) is 2.39. The molecule has 0 bridgehead atoms. The third kappa shape index (κ3) is 4.37. The first kappa shape index (κ1) is 14.6. The molecule has 0 aliphatic rings. The number of hydrogen-bond acceptors (Lipinski definition) is 2. The molecule has 1 N–H and O–H groups in total. The number of aryl methyl sites for hydroxylation is 1. The first-order chi connectivity index (χ1) is 9.19. The molecule has 2 aromatic rings. The van der Waals surface area contributed by atoms with E-state index in [1.807, 2.05) is 0 Å². The van der Waals surface area contributed by atoms with Gasteiger partial charge in [0, 0.05) is 20.8 Å². The van der Waals surface area contributed by atoms with Gasteiger partial charge in [-0.15, -0.1) is 0 Å². The van der Waals surface area contributed by atoms with Crippen molar-refractivity contribution in [3.63, 3.8) is 0 Å². The van der Waals surface area contributed by atoms with E-state index < -0.39 is 0 Å². The maximum Gasteiger partial charge on any atom is 0.0318 e. The molecule has 0 amide bonds. The van der Waals surface area contributed by atoms with Crippen molar-refractivity contribution >= 4 is 27.7 Å². The van der Waals surface area contributed by atoms with Gasteiger partial charge >= 0.3 is 0 Å². The summed E-state index contributed by atoms with van der Waals surface area (Å²) in [5.74, 6) is 0. The molecule has 0 heterocycles. The van der Waals surface area contributed by atoms with Gasteiger partial charge in [0.1, 0.15) is 0 Å². The van der Waals surface area contributed by atoms with Crippen LogP contribution in [0.1, 0.15) is 18.1 Å². The molecule has 0 aliphatic heterocycles. The number of hydrogen-bond donors (Lipinski definition) is 1. The first-order valence-electron chi connectivity index (χ1n) is 6.42. The Labute approximate surface area is 127 Å². The highest BCUT2D eigenvalue weighted by Gasteiger charge is 2.04. The standard InChI is InChI=1S/C16H18BrNS/c1-3-18-11-13-7-8-16(15(17)10-13)19-14-6-4-5-12(2)9-14/h4-10,18H,3,11H2,1-2H3. The second-order valence-corrected chi connectivity index (χ2v) is 6.43. The molecule has 0 unspecified atom stereocenters. The Bertz CT molecular complexity index is 554. The Morgan fingerprint density at radius 3 is 2.68 bits per heavy atom. The second kappa shape index (κ2) is 7.13. The first-order valence-corrected chi connectivity index (χ1v) is 8.03. The van der Waals surface area contributed by atoms with E-state index >= 15 is 0 Å². The van der Waals surface area contributed by atoms with Gasteiger partial charge in [0.15, 0.2) is 0 Å². The SMILES string of the molecule is CCNCc1ccc(Sc2cccc(C)c2)c(Br)c1. The van der Waals surface area contributed by atoms with E-state index in [9.17, 15) is 0 Å². The molecule has 3 heteroatoms. The molecule has 0 saturated heterocycles. The van der Waals surface area contributed by atoms with Crippen molar-refractivity contribution in [2.45, 2.75) is 30.2 Å². The lowest BCUT2D eigenvalue weighted by molar-refractivity contribution is 0.726. The van der Waals surface area contributed by atoms with Gasteiger partial charge in [0.2, 0.25) is 0 Å². The summed E-state index contributed by atoms with van der Waals surface area (Å²) >= 11 is 5.46. The van der Waals surface area contributed by atoms with Crippen LogP contribution < -0.4 is 5.32 Å². The summed E-state index contributed by atoms with van der Waals surface area (Å²) in [6.45, 7) is 6.16. The maximum absolute atomic E-state index is 3.67. The van der Waals surface area contributed by atoms with E-state index in [0.29, 0.717) is 0 Å². The third-order valence-electron chi connectivity index (χ3n) is 2.79. The molecular formula is C16H18BrNS. The molecule has 19 heavy (non-hydrogen) atoms. The van der Waals surface area contributed by atoms with Gasteiger partial charge in [-0.1, -0.05) is 42.4 Å². The Balaban J connectivity index is 2.13. The Morgan fingerprint density at radius 1 is 1.16 bits per heavy atom. The van der Waals surface area contributed by atoms with Gasteiger partial charge in [-0.05, 0) is 59.2 Å². The molecule has 1 nitrogen and oxygen atoms in total. The van der Waals surface area contributed by atoms with Gasteiger partial charge in [-0.25, -0.2) is 0 Å². The molecule has 0 aliphatic carbocycles. The lowest BCUT2D eigenvalue weighted by Crippen LogP contribution is -2.11. The highest BCUT2D eigenvalue weighted by molar-refractivity contribution is 9.10. The van der Waals surface area contributed by atoms with Gasteiger partial charge in [0.25, 0.3) is 0 Å². The summed E-state index contributed by atoms with van der Waals surface area (Å²) in [4.78, 5) is 2.53. The Hall–Kier alpha value is -0.770.